The van der Waals surface area contributed by atoms with Crippen molar-refractivity contribution in [1.82, 2.24) is 14.1 Å². The molecule has 0 fully saturated rings. The molecule has 0 radical (unpaired) electrons. The zero-order chi connectivity index (χ0) is 15.8. The Kier molecular flexibility index (Phi) is 3.54. The molecule has 0 amide bonds. The lowest BCUT2D eigenvalue weighted by Gasteiger charge is -2.12. The van der Waals surface area contributed by atoms with Crippen LogP contribution in [0.1, 0.15) is 18.2 Å². The minimum absolute atomic E-state index is 0.859. The second kappa shape index (κ2) is 5.70. The van der Waals surface area contributed by atoms with Gasteiger partial charge >= 0.3 is 0 Å². The van der Waals surface area contributed by atoms with Gasteiger partial charge in [-0.3, -0.25) is 0 Å². The Hall–Kier alpha value is -2.33. The van der Waals surface area contributed by atoms with Crippen molar-refractivity contribution < 1.29 is 0 Å². The molecule has 0 saturated carbocycles. The third-order valence-electron chi connectivity index (χ3n) is 4.38. The fourth-order valence-corrected chi connectivity index (χ4v) is 3.95. The third kappa shape index (κ3) is 2.39. The average Bonchev–Trinajstić information content (AvgIpc) is 3.25. The van der Waals surface area contributed by atoms with Crippen LogP contribution in [-0.2, 0) is 20.0 Å². The summed E-state index contributed by atoms with van der Waals surface area (Å²) in [5, 5.41) is 2.14. The van der Waals surface area contributed by atoms with Crippen LogP contribution in [0.4, 0.5) is 0 Å². The first-order valence-electron chi connectivity index (χ1n) is 7.89. The predicted molar refractivity (Wildman–Crippen MR) is 96.9 cm³/mol. The number of nitrogens with zero attached hydrogens (tertiary/aromatic N) is 3. The van der Waals surface area contributed by atoms with E-state index < -0.39 is 0 Å². The van der Waals surface area contributed by atoms with Gasteiger partial charge in [0.15, 0.2) is 5.82 Å². The maximum Gasteiger partial charge on any atom is 0.157 e. The molecule has 3 heterocycles. The van der Waals surface area contributed by atoms with Crippen molar-refractivity contribution in [2.45, 2.75) is 19.9 Å². The molecule has 4 rings (SSSR count). The van der Waals surface area contributed by atoms with E-state index in [1.165, 1.54) is 27.2 Å². The molecule has 0 spiro atoms. The lowest BCUT2D eigenvalue weighted by Crippen LogP contribution is -2.07. The van der Waals surface area contributed by atoms with Crippen LogP contribution in [0, 0.1) is 0 Å². The SMILES string of the molecule is CCc1cnc(-c2cc3sccc3n2C)n1Cc1ccccc1. The van der Waals surface area contributed by atoms with Crippen molar-refractivity contribution in [3.05, 3.63) is 65.3 Å². The van der Waals surface area contributed by atoms with Crippen LogP contribution in [0.2, 0.25) is 0 Å². The maximum atomic E-state index is 4.74. The molecule has 0 N–H and O–H groups in total. The van der Waals surface area contributed by atoms with Crippen LogP contribution in [0.15, 0.2) is 54.0 Å². The van der Waals surface area contributed by atoms with E-state index >= 15 is 0 Å². The van der Waals surface area contributed by atoms with E-state index in [1.807, 2.05) is 6.20 Å². The topological polar surface area (TPSA) is 22.8 Å². The third-order valence-corrected chi connectivity index (χ3v) is 5.23. The highest BCUT2D eigenvalue weighted by Gasteiger charge is 2.16. The fourth-order valence-electron chi connectivity index (χ4n) is 3.10. The molecule has 4 heteroatoms. The van der Waals surface area contributed by atoms with Gasteiger partial charge in [-0.05, 0) is 29.5 Å². The molecule has 4 aromatic rings. The number of imidazole rings is 1. The molecule has 0 bridgehead atoms. The molecule has 0 aliphatic rings. The summed E-state index contributed by atoms with van der Waals surface area (Å²) in [4.78, 5) is 4.74. The fraction of sp³-hybridized carbons (Fsp3) is 0.211. The first-order valence-corrected chi connectivity index (χ1v) is 8.77. The molecule has 1 aromatic carbocycles. The second-order valence-electron chi connectivity index (χ2n) is 5.76. The first-order chi connectivity index (χ1) is 11.3. The van der Waals surface area contributed by atoms with Gasteiger partial charge in [-0.25, -0.2) is 4.98 Å². The largest absolute Gasteiger partial charge is 0.340 e. The number of aryl methyl sites for hydroxylation is 2. The van der Waals surface area contributed by atoms with E-state index in [0.717, 1.165) is 18.8 Å². The van der Waals surface area contributed by atoms with Gasteiger partial charge in [-0.15, -0.1) is 11.3 Å². The van der Waals surface area contributed by atoms with Crippen LogP contribution in [0.3, 0.4) is 0 Å². The van der Waals surface area contributed by atoms with Crippen molar-refractivity contribution in [2.75, 3.05) is 0 Å². The summed E-state index contributed by atoms with van der Waals surface area (Å²) in [5.41, 5.74) is 5.03. The summed E-state index contributed by atoms with van der Waals surface area (Å²) in [6.07, 6.45) is 3.00. The Labute approximate surface area is 139 Å². The number of aromatic nitrogens is 3. The molecule has 0 unspecified atom stereocenters. The van der Waals surface area contributed by atoms with Crippen LogP contribution < -0.4 is 0 Å². The molecule has 116 valence electrons. The molecular formula is C19H19N3S. The Morgan fingerprint density at radius 3 is 2.70 bits per heavy atom. The van der Waals surface area contributed by atoms with E-state index in [9.17, 15) is 0 Å². The van der Waals surface area contributed by atoms with E-state index in [0.29, 0.717) is 0 Å². The highest BCUT2D eigenvalue weighted by molar-refractivity contribution is 7.17. The lowest BCUT2D eigenvalue weighted by atomic mass is 10.2. The van der Waals surface area contributed by atoms with Crippen LogP contribution in [-0.4, -0.2) is 14.1 Å². The Balaban J connectivity index is 1.84. The Morgan fingerprint density at radius 1 is 1.13 bits per heavy atom. The van der Waals surface area contributed by atoms with Crippen molar-refractivity contribution in [2.24, 2.45) is 7.05 Å². The van der Waals surface area contributed by atoms with Crippen LogP contribution >= 0.6 is 11.3 Å². The normalized spacial score (nSPS) is 11.4. The van der Waals surface area contributed by atoms with Gasteiger partial charge in [0.25, 0.3) is 0 Å². The van der Waals surface area contributed by atoms with Crippen molar-refractivity contribution in [3.8, 4) is 11.5 Å². The first kappa shape index (κ1) is 14.3. The van der Waals surface area contributed by atoms with Gasteiger partial charge in [0.05, 0.1) is 15.9 Å². The molecular weight excluding hydrogens is 302 g/mol. The minimum atomic E-state index is 0.859. The van der Waals surface area contributed by atoms with E-state index in [-0.39, 0.29) is 0 Å². The lowest BCUT2D eigenvalue weighted by molar-refractivity contribution is 0.748. The number of fused-ring (bicyclic) bond motifs is 1. The molecule has 3 nitrogen and oxygen atoms in total. The standard InChI is InChI=1S/C19H19N3S/c1-3-15-12-20-19(22(15)13-14-7-5-4-6-8-14)17-11-18-16(21(17)2)9-10-23-18/h4-12H,3,13H2,1-2H3. The van der Waals surface area contributed by atoms with Crippen molar-refractivity contribution >= 4 is 21.6 Å². The Morgan fingerprint density at radius 2 is 1.96 bits per heavy atom. The summed E-state index contributed by atoms with van der Waals surface area (Å²) >= 11 is 1.78. The maximum absolute atomic E-state index is 4.74. The number of thiophene rings is 1. The van der Waals surface area contributed by atoms with E-state index in [2.05, 4.69) is 71.0 Å². The highest BCUT2D eigenvalue weighted by Crippen LogP contribution is 2.30. The quantitative estimate of drug-likeness (QED) is 0.533. The van der Waals surface area contributed by atoms with Gasteiger partial charge in [0.2, 0.25) is 0 Å². The predicted octanol–water partition coefficient (Wildman–Crippen LogP) is 4.71. The van der Waals surface area contributed by atoms with Crippen LogP contribution in [0.5, 0.6) is 0 Å². The molecule has 23 heavy (non-hydrogen) atoms. The number of benzene rings is 1. The second-order valence-corrected chi connectivity index (χ2v) is 6.70. The molecule has 0 atom stereocenters. The number of rotatable bonds is 4. The van der Waals surface area contributed by atoms with Crippen LogP contribution in [0.25, 0.3) is 21.7 Å². The van der Waals surface area contributed by atoms with Gasteiger partial charge in [-0.1, -0.05) is 37.3 Å². The van der Waals surface area contributed by atoms with Gasteiger partial charge in [-0.2, -0.15) is 0 Å². The summed E-state index contributed by atoms with van der Waals surface area (Å²) in [6, 6.07) is 15.0. The minimum Gasteiger partial charge on any atom is -0.340 e. The number of hydrogen-bond donors (Lipinski definition) is 0. The van der Waals surface area contributed by atoms with Crippen molar-refractivity contribution in [1.29, 1.82) is 0 Å². The molecule has 0 aliphatic heterocycles. The molecule has 0 saturated heterocycles. The van der Waals surface area contributed by atoms with Gasteiger partial charge in [0.1, 0.15) is 0 Å². The smallest absolute Gasteiger partial charge is 0.157 e. The summed E-state index contributed by atoms with van der Waals surface area (Å²) in [5.74, 6) is 1.05. The van der Waals surface area contributed by atoms with Crippen molar-refractivity contribution in [3.63, 3.8) is 0 Å². The Bertz CT molecular complexity index is 944. The zero-order valence-corrected chi connectivity index (χ0v) is 14.2. The number of hydrogen-bond acceptors (Lipinski definition) is 2. The van der Waals surface area contributed by atoms with Gasteiger partial charge < -0.3 is 9.13 Å². The highest BCUT2D eigenvalue weighted by atomic mass is 32.1. The van der Waals surface area contributed by atoms with E-state index in [1.54, 1.807) is 11.3 Å². The molecule has 3 aromatic heterocycles. The molecule has 0 aliphatic carbocycles. The summed E-state index contributed by atoms with van der Waals surface area (Å²) < 4.78 is 5.90. The zero-order valence-electron chi connectivity index (χ0n) is 13.4. The van der Waals surface area contributed by atoms with E-state index in [4.69, 9.17) is 4.98 Å². The average molecular weight is 321 g/mol. The monoisotopic (exact) mass is 321 g/mol. The van der Waals surface area contributed by atoms with Gasteiger partial charge in [0, 0.05) is 25.5 Å². The summed E-state index contributed by atoms with van der Waals surface area (Å²) in [7, 11) is 2.12. The summed E-state index contributed by atoms with van der Waals surface area (Å²) in [6.45, 7) is 3.05.